The Morgan fingerprint density at radius 1 is 1.29 bits per heavy atom. The highest BCUT2D eigenvalue weighted by Gasteiger charge is 2.41. The number of hydrogen-bond donors (Lipinski definition) is 2. The molecule has 21 heavy (non-hydrogen) atoms. The zero-order valence-electron chi connectivity index (χ0n) is 11.2. The van der Waals surface area contributed by atoms with Crippen LogP contribution in [0.15, 0.2) is 16.6 Å². The van der Waals surface area contributed by atoms with Crippen LogP contribution in [-0.4, -0.2) is 17.0 Å². The van der Waals surface area contributed by atoms with Gasteiger partial charge in [-0.2, -0.15) is 0 Å². The molecule has 1 fully saturated rings. The predicted molar refractivity (Wildman–Crippen MR) is 75.7 cm³/mol. The Labute approximate surface area is 128 Å². The minimum Gasteiger partial charge on any atom is -0.481 e. The van der Waals surface area contributed by atoms with E-state index in [0.717, 1.165) is 6.07 Å². The van der Waals surface area contributed by atoms with Crippen LogP contribution in [-0.2, 0) is 9.59 Å². The number of amides is 1. The molecule has 1 aliphatic carbocycles. The van der Waals surface area contributed by atoms with Crippen LogP contribution >= 0.6 is 15.9 Å². The van der Waals surface area contributed by atoms with Gasteiger partial charge in [-0.05, 0) is 40.8 Å². The lowest BCUT2D eigenvalue weighted by atomic mass is 9.95. The van der Waals surface area contributed by atoms with Gasteiger partial charge in [0.25, 0.3) is 0 Å². The van der Waals surface area contributed by atoms with Crippen molar-refractivity contribution in [3.05, 3.63) is 28.2 Å². The van der Waals surface area contributed by atoms with Gasteiger partial charge in [0.1, 0.15) is 5.82 Å². The number of hydrogen-bond acceptors (Lipinski definition) is 2. The maximum Gasteiger partial charge on any atom is 0.307 e. The lowest BCUT2D eigenvalue weighted by molar-refractivity contribution is -0.145. The first-order chi connectivity index (χ1) is 9.79. The summed E-state index contributed by atoms with van der Waals surface area (Å²) in [6, 6.07) is 1.69. The van der Waals surface area contributed by atoms with Crippen LogP contribution in [0.25, 0.3) is 0 Å². The zero-order valence-corrected chi connectivity index (χ0v) is 12.8. The second-order valence-corrected chi connectivity index (χ2v) is 6.22. The van der Waals surface area contributed by atoms with Crippen LogP contribution in [0.5, 0.6) is 0 Å². The monoisotopic (exact) mass is 361 g/mol. The van der Waals surface area contributed by atoms with E-state index in [1.54, 1.807) is 0 Å². The molecule has 1 unspecified atom stereocenters. The van der Waals surface area contributed by atoms with Gasteiger partial charge in [-0.1, -0.05) is 6.92 Å². The third-order valence-corrected chi connectivity index (χ3v) is 4.33. The Kier molecular flexibility index (Phi) is 4.61. The van der Waals surface area contributed by atoms with Crippen LogP contribution in [0.3, 0.4) is 0 Å². The molecule has 1 aromatic rings. The molecular weight excluding hydrogens is 348 g/mol. The minimum atomic E-state index is -1.03. The van der Waals surface area contributed by atoms with Gasteiger partial charge in [-0.25, -0.2) is 8.78 Å². The number of halogens is 3. The predicted octanol–water partition coefficient (Wildman–Crippen LogP) is 3.41. The molecule has 2 rings (SSSR count). The smallest absolute Gasteiger partial charge is 0.307 e. The molecule has 7 heteroatoms. The number of carboxylic acid groups (broad SMARTS) is 1. The summed E-state index contributed by atoms with van der Waals surface area (Å²) in [5.41, 5.74) is -0.176. The van der Waals surface area contributed by atoms with E-state index in [-0.39, 0.29) is 16.1 Å². The lowest BCUT2D eigenvalue weighted by Gasteiger charge is -2.16. The van der Waals surface area contributed by atoms with Crippen LogP contribution in [0.4, 0.5) is 14.5 Å². The molecule has 1 saturated carbocycles. The second-order valence-electron chi connectivity index (χ2n) is 5.36. The SMILES string of the molecule is CC1C[C@H](C(=O)Nc2c(F)cc(F)cc2Br)[C@H](C(=O)O)C1. The molecule has 3 atom stereocenters. The molecule has 0 spiro atoms. The van der Waals surface area contributed by atoms with E-state index < -0.39 is 35.3 Å². The van der Waals surface area contributed by atoms with Gasteiger partial charge < -0.3 is 10.4 Å². The summed E-state index contributed by atoms with van der Waals surface area (Å²) in [4.78, 5) is 23.4. The molecule has 2 N–H and O–H groups in total. The Morgan fingerprint density at radius 3 is 2.48 bits per heavy atom. The van der Waals surface area contributed by atoms with Gasteiger partial charge in [0.05, 0.1) is 17.5 Å². The van der Waals surface area contributed by atoms with Crippen molar-refractivity contribution in [1.82, 2.24) is 0 Å². The fraction of sp³-hybridized carbons (Fsp3) is 0.429. The van der Waals surface area contributed by atoms with Gasteiger partial charge >= 0.3 is 5.97 Å². The van der Waals surface area contributed by atoms with Crippen molar-refractivity contribution < 1.29 is 23.5 Å². The molecule has 0 aromatic heterocycles. The maximum absolute atomic E-state index is 13.7. The number of rotatable bonds is 3. The number of carbonyl (C=O) groups excluding carboxylic acids is 1. The third kappa shape index (κ3) is 3.40. The zero-order chi connectivity index (χ0) is 15.7. The first kappa shape index (κ1) is 15.9. The summed E-state index contributed by atoms with van der Waals surface area (Å²) in [5, 5.41) is 11.5. The van der Waals surface area contributed by atoms with E-state index in [1.165, 1.54) is 0 Å². The molecule has 0 heterocycles. The molecule has 1 aliphatic rings. The summed E-state index contributed by atoms with van der Waals surface area (Å²) < 4.78 is 26.8. The first-order valence-electron chi connectivity index (χ1n) is 6.47. The highest BCUT2D eigenvalue weighted by molar-refractivity contribution is 9.10. The highest BCUT2D eigenvalue weighted by Crippen LogP contribution is 2.38. The molecule has 0 radical (unpaired) electrons. The Morgan fingerprint density at radius 2 is 1.90 bits per heavy atom. The molecule has 114 valence electrons. The van der Waals surface area contributed by atoms with E-state index in [4.69, 9.17) is 5.11 Å². The third-order valence-electron chi connectivity index (χ3n) is 3.71. The van der Waals surface area contributed by atoms with Crippen LogP contribution in [0.1, 0.15) is 19.8 Å². The van der Waals surface area contributed by atoms with Crippen molar-refractivity contribution in [1.29, 1.82) is 0 Å². The highest BCUT2D eigenvalue weighted by atomic mass is 79.9. The molecule has 0 saturated heterocycles. The number of benzene rings is 1. The number of carbonyl (C=O) groups is 2. The maximum atomic E-state index is 13.7. The van der Waals surface area contributed by atoms with Gasteiger partial charge in [-0.15, -0.1) is 0 Å². The van der Waals surface area contributed by atoms with E-state index in [0.29, 0.717) is 18.9 Å². The quantitative estimate of drug-likeness (QED) is 0.866. The fourth-order valence-corrected chi connectivity index (χ4v) is 3.24. The fourth-order valence-electron chi connectivity index (χ4n) is 2.73. The van der Waals surface area contributed by atoms with E-state index in [2.05, 4.69) is 21.2 Å². The van der Waals surface area contributed by atoms with Crippen LogP contribution < -0.4 is 5.32 Å². The van der Waals surface area contributed by atoms with Crippen molar-refractivity contribution >= 4 is 33.5 Å². The summed E-state index contributed by atoms with van der Waals surface area (Å²) in [6.07, 6.45) is 0.851. The summed E-state index contributed by atoms with van der Waals surface area (Å²) >= 11 is 2.98. The molecule has 1 amide bonds. The Bertz CT molecular complexity index is 571. The summed E-state index contributed by atoms with van der Waals surface area (Å²) in [7, 11) is 0. The minimum absolute atomic E-state index is 0.0753. The van der Waals surface area contributed by atoms with Crippen LogP contribution in [0, 0.1) is 29.4 Å². The lowest BCUT2D eigenvalue weighted by Crippen LogP contribution is -2.30. The van der Waals surface area contributed by atoms with Gasteiger partial charge in [-0.3, -0.25) is 9.59 Å². The Hall–Kier alpha value is -1.50. The average Bonchev–Trinajstić information content (AvgIpc) is 2.76. The molecule has 0 aliphatic heterocycles. The standard InChI is InChI=1S/C14H14BrF2NO3/c1-6-2-8(9(3-6)14(20)21)13(19)18-12-10(15)4-7(16)5-11(12)17/h4-6,8-9H,2-3H2,1H3,(H,18,19)(H,20,21)/t6?,8-,9+/m0/s1. The number of anilines is 1. The summed E-state index contributed by atoms with van der Waals surface area (Å²) in [6.45, 7) is 1.87. The average molecular weight is 362 g/mol. The van der Waals surface area contributed by atoms with Gasteiger partial charge in [0.15, 0.2) is 5.82 Å². The second kappa shape index (κ2) is 6.09. The molecular formula is C14H14BrF2NO3. The Balaban J connectivity index is 2.20. The molecule has 0 bridgehead atoms. The summed E-state index contributed by atoms with van der Waals surface area (Å²) in [5.74, 6) is -4.64. The van der Waals surface area contributed by atoms with Crippen LogP contribution in [0.2, 0.25) is 0 Å². The van der Waals surface area contributed by atoms with E-state index in [1.807, 2.05) is 6.92 Å². The van der Waals surface area contributed by atoms with Crippen molar-refractivity contribution in [2.45, 2.75) is 19.8 Å². The van der Waals surface area contributed by atoms with Gasteiger partial charge in [0.2, 0.25) is 5.91 Å². The number of carboxylic acids is 1. The van der Waals surface area contributed by atoms with Crippen molar-refractivity contribution in [3.63, 3.8) is 0 Å². The normalized spacial score (nSPS) is 24.9. The van der Waals surface area contributed by atoms with Crippen molar-refractivity contribution in [2.24, 2.45) is 17.8 Å². The largest absolute Gasteiger partial charge is 0.481 e. The first-order valence-corrected chi connectivity index (χ1v) is 7.27. The van der Waals surface area contributed by atoms with Crippen molar-refractivity contribution in [2.75, 3.05) is 5.32 Å². The molecule has 4 nitrogen and oxygen atoms in total. The molecule has 1 aromatic carbocycles. The van der Waals surface area contributed by atoms with Gasteiger partial charge in [0, 0.05) is 10.5 Å². The number of aliphatic carboxylic acids is 1. The number of nitrogens with one attached hydrogen (secondary N) is 1. The van der Waals surface area contributed by atoms with Crippen molar-refractivity contribution in [3.8, 4) is 0 Å². The van der Waals surface area contributed by atoms with E-state index >= 15 is 0 Å². The topological polar surface area (TPSA) is 66.4 Å². The van der Waals surface area contributed by atoms with E-state index in [9.17, 15) is 18.4 Å².